The monoisotopic (exact) mass is 273 g/mol. The Labute approximate surface area is 106 Å². The second kappa shape index (κ2) is 5.55. The van der Waals surface area contributed by atoms with Crippen molar-refractivity contribution in [2.75, 3.05) is 11.5 Å². The minimum Gasteiger partial charge on any atom is -0.348 e. The van der Waals surface area contributed by atoms with Crippen molar-refractivity contribution in [3.63, 3.8) is 0 Å². The highest BCUT2D eigenvalue weighted by atomic mass is 35.5. The lowest BCUT2D eigenvalue weighted by Crippen LogP contribution is -2.39. The van der Waals surface area contributed by atoms with Gasteiger partial charge in [-0.25, -0.2) is 0 Å². The number of nitrogens with zero attached hydrogens (tertiary/aromatic N) is 2. The first-order valence-corrected chi connectivity index (χ1v) is 7.17. The Kier molecular flexibility index (Phi) is 4.06. The molecule has 7 heteroatoms. The van der Waals surface area contributed by atoms with Crippen LogP contribution < -0.4 is 5.32 Å². The average molecular weight is 274 g/mol. The predicted octanol–water partition coefficient (Wildman–Crippen LogP) is 0.771. The highest BCUT2D eigenvalue weighted by Gasteiger charge is 2.20. The van der Waals surface area contributed by atoms with Crippen molar-refractivity contribution >= 4 is 28.3 Å². The largest absolute Gasteiger partial charge is 0.348 e. The lowest BCUT2D eigenvalue weighted by atomic mass is 10.1. The summed E-state index contributed by atoms with van der Waals surface area (Å²) in [5.41, 5.74) is 0.251. The van der Waals surface area contributed by atoms with Gasteiger partial charge in [-0.1, -0.05) is 11.6 Å². The Morgan fingerprint density at radius 2 is 2.06 bits per heavy atom. The predicted molar refractivity (Wildman–Crippen MR) is 65.4 cm³/mol. The molecule has 2 rings (SSSR count). The van der Waals surface area contributed by atoms with Gasteiger partial charge in [0.05, 0.1) is 0 Å². The van der Waals surface area contributed by atoms with Crippen LogP contribution in [-0.4, -0.2) is 37.9 Å². The summed E-state index contributed by atoms with van der Waals surface area (Å²) >= 11 is 5.59. The zero-order valence-electron chi connectivity index (χ0n) is 9.06. The van der Waals surface area contributed by atoms with Crippen LogP contribution in [0.2, 0.25) is 5.15 Å². The van der Waals surface area contributed by atoms with Gasteiger partial charge in [-0.15, -0.1) is 10.2 Å². The number of hydrogen-bond acceptors (Lipinski definition) is 4. The molecule has 1 aliphatic rings. The number of nitrogens with one attached hydrogen (secondary N) is 1. The van der Waals surface area contributed by atoms with Gasteiger partial charge in [0.15, 0.2) is 10.8 Å². The standard InChI is InChI=1S/C10H12ClN3O2S/c11-9-2-1-8(13-14-9)10(15)12-7-3-5-17(16)6-4-7/h1-2,7H,3-6H2,(H,12,15). The molecule has 0 atom stereocenters. The molecule has 0 spiro atoms. The van der Waals surface area contributed by atoms with Crippen LogP contribution in [-0.2, 0) is 10.8 Å². The van der Waals surface area contributed by atoms with Gasteiger partial charge in [0.25, 0.3) is 5.91 Å². The SMILES string of the molecule is O=C(NC1CCS(=O)CC1)c1ccc(Cl)nn1. The van der Waals surface area contributed by atoms with E-state index in [2.05, 4.69) is 15.5 Å². The Balaban J connectivity index is 1.93. The van der Waals surface area contributed by atoms with Gasteiger partial charge >= 0.3 is 0 Å². The van der Waals surface area contributed by atoms with Gasteiger partial charge in [0.1, 0.15) is 0 Å². The van der Waals surface area contributed by atoms with Crippen LogP contribution in [0.15, 0.2) is 12.1 Å². The first kappa shape index (κ1) is 12.4. The highest BCUT2D eigenvalue weighted by Crippen LogP contribution is 2.10. The molecule has 5 nitrogen and oxygen atoms in total. The molecule has 1 saturated heterocycles. The summed E-state index contributed by atoms with van der Waals surface area (Å²) in [5.74, 6) is 1.04. The van der Waals surface area contributed by atoms with Crippen LogP contribution >= 0.6 is 11.6 Å². The fraction of sp³-hybridized carbons (Fsp3) is 0.500. The maximum atomic E-state index is 11.8. The van der Waals surface area contributed by atoms with Gasteiger partial charge in [-0.05, 0) is 25.0 Å². The van der Waals surface area contributed by atoms with E-state index in [1.54, 1.807) is 0 Å². The van der Waals surface area contributed by atoms with Crippen LogP contribution in [0.3, 0.4) is 0 Å². The van der Waals surface area contributed by atoms with E-state index in [0.29, 0.717) is 11.5 Å². The number of aromatic nitrogens is 2. The molecule has 0 bridgehead atoms. The van der Waals surface area contributed by atoms with E-state index in [4.69, 9.17) is 11.6 Å². The third-order valence-corrected chi connectivity index (χ3v) is 4.17. The quantitative estimate of drug-likeness (QED) is 0.864. The summed E-state index contributed by atoms with van der Waals surface area (Å²) in [7, 11) is -0.720. The smallest absolute Gasteiger partial charge is 0.272 e. The van der Waals surface area contributed by atoms with Gasteiger partial charge in [-0.3, -0.25) is 9.00 Å². The molecular formula is C10H12ClN3O2S. The van der Waals surface area contributed by atoms with E-state index < -0.39 is 10.8 Å². The molecular weight excluding hydrogens is 262 g/mol. The van der Waals surface area contributed by atoms with Crippen molar-refractivity contribution in [1.29, 1.82) is 0 Å². The van der Waals surface area contributed by atoms with Crippen LogP contribution in [0.25, 0.3) is 0 Å². The maximum absolute atomic E-state index is 11.8. The van der Waals surface area contributed by atoms with E-state index in [-0.39, 0.29) is 22.8 Å². The summed E-state index contributed by atoms with van der Waals surface area (Å²) in [6, 6.07) is 3.14. The van der Waals surface area contributed by atoms with Crippen molar-refractivity contribution in [3.8, 4) is 0 Å². The molecule has 1 fully saturated rings. The number of rotatable bonds is 2. The van der Waals surface area contributed by atoms with E-state index in [9.17, 15) is 9.00 Å². The van der Waals surface area contributed by atoms with Gasteiger partial charge < -0.3 is 5.32 Å². The van der Waals surface area contributed by atoms with Gasteiger partial charge in [-0.2, -0.15) is 0 Å². The Hall–Kier alpha value is -1.01. The topological polar surface area (TPSA) is 72.0 Å². The molecule has 0 saturated carbocycles. The molecule has 2 heterocycles. The lowest BCUT2D eigenvalue weighted by Gasteiger charge is -2.22. The van der Waals surface area contributed by atoms with Crippen molar-refractivity contribution < 1.29 is 9.00 Å². The summed E-state index contributed by atoms with van der Waals surface area (Å²) in [5, 5.41) is 10.4. The number of amides is 1. The van der Waals surface area contributed by atoms with Crippen LogP contribution in [0.1, 0.15) is 23.3 Å². The third-order valence-electron chi connectivity index (χ3n) is 2.59. The Morgan fingerprint density at radius 1 is 1.35 bits per heavy atom. The molecule has 1 N–H and O–H groups in total. The lowest BCUT2D eigenvalue weighted by molar-refractivity contribution is 0.0928. The summed E-state index contributed by atoms with van der Waals surface area (Å²) < 4.78 is 11.2. The van der Waals surface area contributed by atoms with E-state index in [1.807, 2.05) is 0 Å². The van der Waals surface area contributed by atoms with Crippen LogP contribution in [0, 0.1) is 0 Å². The second-order valence-electron chi connectivity index (χ2n) is 3.84. The number of hydrogen-bond donors (Lipinski definition) is 1. The summed E-state index contributed by atoms with van der Waals surface area (Å²) in [4.78, 5) is 11.8. The van der Waals surface area contributed by atoms with Crippen molar-refractivity contribution in [3.05, 3.63) is 23.0 Å². The normalized spacial score (nSPS) is 24.3. The van der Waals surface area contributed by atoms with Gasteiger partial charge in [0, 0.05) is 28.3 Å². The number of carbonyl (C=O) groups is 1. The molecule has 0 aliphatic carbocycles. The van der Waals surface area contributed by atoms with E-state index in [0.717, 1.165) is 12.8 Å². The number of halogens is 1. The summed E-state index contributed by atoms with van der Waals surface area (Å²) in [6.45, 7) is 0. The second-order valence-corrected chi connectivity index (χ2v) is 5.92. The first-order valence-electron chi connectivity index (χ1n) is 5.30. The highest BCUT2D eigenvalue weighted by molar-refractivity contribution is 7.85. The fourth-order valence-corrected chi connectivity index (χ4v) is 3.03. The molecule has 17 heavy (non-hydrogen) atoms. The van der Waals surface area contributed by atoms with Crippen molar-refractivity contribution in [2.24, 2.45) is 0 Å². The Bertz CT molecular complexity index is 428. The van der Waals surface area contributed by atoms with Crippen molar-refractivity contribution in [1.82, 2.24) is 15.5 Å². The zero-order chi connectivity index (χ0) is 12.3. The average Bonchev–Trinajstić information content (AvgIpc) is 2.33. The van der Waals surface area contributed by atoms with Crippen LogP contribution in [0.5, 0.6) is 0 Å². The molecule has 1 aromatic rings. The minimum absolute atomic E-state index is 0.0812. The number of carbonyl (C=O) groups excluding carboxylic acids is 1. The fourth-order valence-electron chi connectivity index (χ4n) is 1.63. The first-order chi connectivity index (χ1) is 8.15. The van der Waals surface area contributed by atoms with E-state index in [1.165, 1.54) is 12.1 Å². The third kappa shape index (κ3) is 3.47. The molecule has 0 radical (unpaired) electrons. The van der Waals surface area contributed by atoms with Crippen LogP contribution in [0.4, 0.5) is 0 Å². The molecule has 1 amide bonds. The van der Waals surface area contributed by atoms with Crippen molar-refractivity contribution in [2.45, 2.75) is 18.9 Å². The molecule has 92 valence electrons. The zero-order valence-corrected chi connectivity index (χ0v) is 10.6. The molecule has 0 unspecified atom stereocenters. The molecule has 1 aromatic heterocycles. The maximum Gasteiger partial charge on any atom is 0.272 e. The summed E-state index contributed by atoms with van der Waals surface area (Å²) in [6.07, 6.45) is 1.50. The van der Waals surface area contributed by atoms with E-state index >= 15 is 0 Å². The van der Waals surface area contributed by atoms with Gasteiger partial charge in [0.2, 0.25) is 0 Å². The minimum atomic E-state index is -0.720. The molecule has 0 aromatic carbocycles. The molecule has 1 aliphatic heterocycles. The Morgan fingerprint density at radius 3 is 2.65 bits per heavy atom.